The summed E-state index contributed by atoms with van der Waals surface area (Å²) < 4.78 is 13.3. The van der Waals surface area contributed by atoms with Gasteiger partial charge < -0.3 is 9.69 Å². The first-order valence-electron chi connectivity index (χ1n) is 12.3. The van der Waals surface area contributed by atoms with Gasteiger partial charge in [0.1, 0.15) is 12.1 Å². The summed E-state index contributed by atoms with van der Waals surface area (Å²) in [5.41, 5.74) is 3.83. The van der Waals surface area contributed by atoms with Crippen LogP contribution in [0.3, 0.4) is 0 Å². The van der Waals surface area contributed by atoms with Crippen molar-refractivity contribution >= 4 is 6.29 Å². The second-order valence-electron chi connectivity index (χ2n) is 9.08. The Hall–Kier alpha value is -2.00. The summed E-state index contributed by atoms with van der Waals surface area (Å²) >= 11 is 0. The average molecular weight is 442 g/mol. The Labute approximate surface area is 196 Å². The fraction of sp³-hybridized carbons (Fsp3) is 0.552. The van der Waals surface area contributed by atoms with Gasteiger partial charge in [0.25, 0.3) is 0 Å². The Morgan fingerprint density at radius 1 is 0.906 bits per heavy atom. The maximum absolute atomic E-state index is 13.3. The highest BCUT2D eigenvalue weighted by atomic mass is 19.1. The van der Waals surface area contributed by atoms with Crippen molar-refractivity contribution in [1.29, 1.82) is 0 Å². The number of benzene rings is 2. The molecule has 0 spiro atoms. The molecule has 0 bridgehead atoms. The lowest BCUT2D eigenvalue weighted by Gasteiger charge is -2.19. The largest absolute Gasteiger partial charge is 0.306 e. The van der Waals surface area contributed by atoms with Crippen LogP contribution in [0.5, 0.6) is 0 Å². The molecular weight excluding hydrogens is 397 g/mol. The standard InChI is InChI=1S/C23H32FN.C6H12O/c1-4-17-25(3)18-7-5-6-8-23(20-11-9-19(2)10-12-20)21-13-15-22(24)16-14-21;1-3-6(2)4-5-7/h9-16,23H,4-8,17-18H2,1-3H3;5-6H,3-4H2,1-2H3/t;6-/m.1/s1. The normalized spacial score (nSPS) is 12.7. The molecule has 178 valence electrons. The van der Waals surface area contributed by atoms with Crippen molar-refractivity contribution in [2.45, 2.75) is 78.6 Å². The Morgan fingerprint density at radius 2 is 1.50 bits per heavy atom. The van der Waals surface area contributed by atoms with E-state index in [0.29, 0.717) is 11.8 Å². The van der Waals surface area contributed by atoms with Crippen molar-refractivity contribution in [3.05, 3.63) is 71.0 Å². The summed E-state index contributed by atoms with van der Waals surface area (Å²) in [7, 11) is 2.21. The lowest BCUT2D eigenvalue weighted by atomic mass is 9.86. The molecule has 32 heavy (non-hydrogen) atoms. The zero-order valence-corrected chi connectivity index (χ0v) is 20.9. The predicted molar refractivity (Wildman–Crippen MR) is 136 cm³/mol. The maximum atomic E-state index is 13.3. The van der Waals surface area contributed by atoms with E-state index >= 15 is 0 Å². The number of aryl methyl sites for hydroxylation is 1. The lowest BCUT2D eigenvalue weighted by molar-refractivity contribution is -0.108. The third-order valence-electron chi connectivity index (χ3n) is 6.09. The highest BCUT2D eigenvalue weighted by Gasteiger charge is 2.14. The first kappa shape index (κ1) is 28.0. The summed E-state index contributed by atoms with van der Waals surface area (Å²) in [6.45, 7) is 10.9. The molecule has 0 aromatic heterocycles. The molecule has 0 radical (unpaired) electrons. The molecule has 2 atom stereocenters. The van der Waals surface area contributed by atoms with Gasteiger partial charge in [-0.3, -0.25) is 0 Å². The van der Waals surface area contributed by atoms with Gasteiger partial charge in [0.15, 0.2) is 0 Å². The van der Waals surface area contributed by atoms with Crippen LogP contribution in [0.25, 0.3) is 0 Å². The summed E-state index contributed by atoms with van der Waals surface area (Å²) in [6.07, 6.45) is 8.85. The Balaban J connectivity index is 0.000000633. The van der Waals surface area contributed by atoms with Gasteiger partial charge in [0.05, 0.1) is 0 Å². The van der Waals surface area contributed by atoms with Crippen molar-refractivity contribution in [2.75, 3.05) is 20.1 Å². The number of rotatable bonds is 13. The van der Waals surface area contributed by atoms with E-state index in [9.17, 15) is 9.18 Å². The van der Waals surface area contributed by atoms with Gasteiger partial charge in [0.2, 0.25) is 0 Å². The van der Waals surface area contributed by atoms with Gasteiger partial charge >= 0.3 is 0 Å². The summed E-state index contributed by atoms with van der Waals surface area (Å²) in [4.78, 5) is 12.2. The van der Waals surface area contributed by atoms with E-state index in [1.54, 1.807) is 12.1 Å². The van der Waals surface area contributed by atoms with E-state index in [1.807, 2.05) is 12.1 Å². The number of unbranched alkanes of at least 4 members (excludes halogenated alkanes) is 2. The number of nitrogens with zero attached hydrogens (tertiary/aromatic N) is 1. The molecule has 1 unspecified atom stereocenters. The van der Waals surface area contributed by atoms with Crippen LogP contribution in [0.15, 0.2) is 48.5 Å². The third kappa shape index (κ3) is 11.6. The van der Waals surface area contributed by atoms with E-state index in [-0.39, 0.29) is 5.82 Å². The number of carbonyl (C=O) groups is 1. The molecule has 2 aromatic carbocycles. The number of hydrogen-bond acceptors (Lipinski definition) is 2. The molecule has 0 saturated carbocycles. The minimum absolute atomic E-state index is 0.162. The molecule has 2 rings (SSSR count). The number of halogens is 1. The number of carbonyl (C=O) groups excluding carboxylic acids is 1. The Morgan fingerprint density at radius 3 is 2.00 bits per heavy atom. The van der Waals surface area contributed by atoms with Crippen molar-refractivity contribution in [3.63, 3.8) is 0 Å². The molecule has 0 heterocycles. The predicted octanol–water partition coefficient (Wildman–Crippen LogP) is 7.79. The van der Waals surface area contributed by atoms with E-state index in [2.05, 4.69) is 63.9 Å². The van der Waals surface area contributed by atoms with Gasteiger partial charge in [0, 0.05) is 12.3 Å². The fourth-order valence-electron chi connectivity index (χ4n) is 3.75. The minimum Gasteiger partial charge on any atom is -0.306 e. The van der Waals surface area contributed by atoms with Gasteiger partial charge in [-0.15, -0.1) is 0 Å². The van der Waals surface area contributed by atoms with Crippen molar-refractivity contribution in [1.82, 2.24) is 4.90 Å². The molecule has 2 nitrogen and oxygen atoms in total. The van der Waals surface area contributed by atoms with Crippen molar-refractivity contribution in [3.8, 4) is 0 Å². The molecule has 0 amide bonds. The van der Waals surface area contributed by atoms with Crippen molar-refractivity contribution < 1.29 is 9.18 Å². The average Bonchev–Trinajstić information content (AvgIpc) is 2.78. The highest BCUT2D eigenvalue weighted by Crippen LogP contribution is 2.30. The van der Waals surface area contributed by atoms with Crippen LogP contribution in [0.1, 0.15) is 88.3 Å². The molecule has 0 saturated heterocycles. The molecule has 0 aliphatic heterocycles. The lowest BCUT2D eigenvalue weighted by Crippen LogP contribution is -2.20. The second-order valence-corrected chi connectivity index (χ2v) is 9.08. The molecule has 0 aliphatic rings. The SMILES string of the molecule is CCCN(C)CCCCCC(c1ccc(C)cc1)c1ccc(F)cc1.CC[C@@H](C)CC=O. The smallest absolute Gasteiger partial charge is 0.123 e. The molecular formula is C29H44FNO. The monoisotopic (exact) mass is 441 g/mol. The van der Waals surface area contributed by atoms with Gasteiger partial charge in [-0.25, -0.2) is 4.39 Å². The second kappa shape index (κ2) is 16.6. The Bertz CT molecular complexity index is 680. The molecule has 0 fully saturated rings. The highest BCUT2D eigenvalue weighted by molar-refractivity contribution is 5.49. The van der Waals surface area contributed by atoms with E-state index in [1.165, 1.54) is 55.5 Å². The summed E-state index contributed by atoms with van der Waals surface area (Å²) in [6, 6.07) is 15.8. The van der Waals surface area contributed by atoms with Crippen LogP contribution in [0.4, 0.5) is 4.39 Å². The zero-order chi connectivity index (χ0) is 23.8. The minimum atomic E-state index is -0.162. The third-order valence-corrected chi connectivity index (χ3v) is 6.09. The van der Waals surface area contributed by atoms with Gasteiger partial charge in [-0.2, -0.15) is 0 Å². The summed E-state index contributed by atoms with van der Waals surface area (Å²) in [5, 5.41) is 0. The molecule has 0 aliphatic carbocycles. The first-order valence-corrected chi connectivity index (χ1v) is 12.3. The molecule has 0 N–H and O–H groups in total. The Kier molecular flexibility index (Phi) is 14.5. The first-order chi connectivity index (χ1) is 15.4. The van der Waals surface area contributed by atoms with Crippen LogP contribution in [-0.4, -0.2) is 31.3 Å². The van der Waals surface area contributed by atoms with Crippen LogP contribution < -0.4 is 0 Å². The van der Waals surface area contributed by atoms with Crippen molar-refractivity contribution in [2.24, 2.45) is 5.92 Å². The quantitative estimate of drug-likeness (QED) is 0.233. The van der Waals surface area contributed by atoms with Crippen LogP contribution in [0, 0.1) is 18.7 Å². The topological polar surface area (TPSA) is 20.3 Å². The van der Waals surface area contributed by atoms with Gasteiger partial charge in [-0.1, -0.05) is 82.0 Å². The van der Waals surface area contributed by atoms with E-state index in [0.717, 1.165) is 25.5 Å². The maximum Gasteiger partial charge on any atom is 0.123 e. The molecule has 3 heteroatoms. The van der Waals surface area contributed by atoms with E-state index in [4.69, 9.17) is 0 Å². The fourth-order valence-corrected chi connectivity index (χ4v) is 3.75. The van der Waals surface area contributed by atoms with Crippen LogP contribution in [-0.2, 0) is 4.79 Å². The van der Waals surface area contributed by atoms with Crippen LogP contribution in [0.2, 0.25) is 0 Å². The van der Waals surface area contributed by atoms with Crippen LogP contribution >= 0.6 is 0 Å². The number of hydrogen-bond donors (Lipinski definition) is 0. The molecule has 2 aromatic rings. The summed E-state index contributed by atoms with van der Waals surface area (Å²) in [5.74, 6) is 0.775. The number of aldehydes is 1. The zero-order valence-electron chi connectivity index (χ0n) is 20.9. The van der Waals surface area contributed by atoms with E-state index < -0.39 is 0 Å². The van der Waals surface area contributed by atoms with Gasteiger partial charge in [-0.05, 0) is 75.5 Å².